The van der Waals surface area contributed by atoms with Crippen molar-refractivity contribution in [2.45, 2.75) is 41.8 Å². The number of hydrogen-bond donors (Lipinski definition) is 0. The normalized spacial score (nSPS) is 19.6. The molecule has 7 heteroatoms. The Morgan fingerprint density at radius 3 is 2.23 bits per heavy atom. The topological polar surface area (TPSA) is 0 Å². The molecule has 0 N–H and O–H groups in total. The minimum absolute atomic E-state index is 0. The molecule has 0 bridgehead atoms. The van der Waals surface area contributed by atoms with Crippen LogP contribution in [-0.2, 0) is 24.7 Å². The number of benzene rings is 2. The molecule has 0 aliphatic heterocycles. The summed E-state index contributed by atoms with van der Waals surface area (Å²) >= 11 is 19.8. The van der Waals surface area contributed by atoms with Crippen molar-refractivity contribution in [2.75, 3.05) is 0 Å². The number of rotatable bonds is 6. The Bertz CT molecular complexity index is 964. The molecule has 2 aromatic carbocycles. The Morgan fingerprint density at radius 2 is 1.53 bits per heavy atom. The third-order valence-corrected chi connectivity index (χ3v) is 10.0. The van der Waals surface area contributed by atoms with Crippen LogP contribution < -0.4 is 24.8 Å². The number of hydrogen-bond acceptors (Lipinski definition) is 0. The molecular formula is C23H22Cl5SiZr. The molecule has 0 fully saturated rings. The fraction of sp³-hybridized carbons (Fsp3) is 0.304. The molecule has 2 aromatic rings. The summed E-state index contributed by atoms with van der Waals surface area (Å²) in [5, 5.41) is 0. The Labute approximate surface area is 222 Å². The SMILES string of the molecule is CC1=Cc2ccccc2C1C1=C(CCCC[Si](Cl)(Cl)Cl)c2ccccc2[CH]1[Zr+2].[Cl-].[Cl-]. The van der Waals surface area contributed by atoms with Crippen LogP contribution in [-0.4, -0.2) is 6.00 Å². The zero-order valence-electron chi connectivity index (χ0n) is 16.6. The quantitative estimate of drug-likeness (QED) is 0.273. The van der Waals surface area contributed by atoms with Crippen LogP contribution in [0.4, 0.5) is 0 Å². The van der Waals surface area contributed by atoms with Gasteiger partial charge in [0.05, 0.1) is 0 Å². The second-order valence-corrected chi connectivity index (χ2v) is 18.4. The second kappa shape index (κ2) is 11.1. The van der Waals surface area contributed by atoms with E-state index in [1.807, 2.05) is 0 Å². The van der Waals surface area contributed by atoms with Gasteiger partial charge in [0, 0.05) is 0 Å². The van der Waals surface area contributed by atoms with Gasteiger partial charge in [-0.3, -0.25) is 0 Å². The number of unbranched alkanes of at least 4 members (excludes halogenated alkanes) is 1. The fourth-order valence-electron chi connectivity index (χ4n) is 4.66. The van der Waals surface area contributed by atoms with E-state index in [1.165, 1.54) is 33.4 Å². The van der Waals surface area contributed by atoms with Gasteiger partial charge >= 0.3 is 199 Å². The standard InChI is InChI=1S/C23H22Cl3Si.2ClH.Zr/c1-16-14-17-8-3-5-11-20(17)23(16)22-15-18-9-2-4-10-19(18)21(22)12-6-7-13-27(24,25)26;;;/h2-5,8-11,14-15,23H,6-7,12-13H2,1H3;2*1H;/q;;;+2/p-2. The van der Waals surface area contributed by atoms with Crippen LogP contribution in [0, 0.1) is 0 Å². The third-order valence-electron chi connectivity index (χ3n) is 5.85. The van der Waals surface area contributed by atoms with Crippen molar-refractivity contribution in [2.24, 2.45) is 0 Å². The first-order valence-corrected chi connectivity index (χ1v) is 16.4. The van der Waals surface area contributed by atoms with Crippen LogP contribution in [0.3, 0.4) is 0 Å². The molecule has 2 aliphatic rings. The molecule has 0 nitrogen and oxygen atoms in total. The van der Waals surface area contributed by atoms with E-state index in [9.17, 15) is 0 Å². The molecule has 0 heterocycles. The van der Waals surface area contributed by atoms with Crippen molar-refractivity contribution in [3.63, 3.8) is 0 Å². The Balaban J connectivity index is 0.00000160. The van der Waals surface area contributed by atoms with Gasteiger partial charge in [-0.15, -0.1) is 0 Å². The van der Waals surface area contributed by atoms with Gasteiger partial charge in [-0.1, -0.05) is 0 Å². The summed E-state index contributed by atoms with van der Waals surface area (Å²) in [5.41, 5.74) is 10.4. The minimum atomic E-state index is -2.52. The molecule has 0 saturated carbocycles. The summed E-state index contributed by atoms with van der Waals surface area (Å²) in [7, 11) is 0. The van der Waals surface area contributed by atoms with Gasteiger partial charge in [0.15, 0.2) is 0 Å². The molecular weight excluding hydrogens is 573 g/mol. The number of halogens is 5. The molecule has 0 amide bonds. The Hall–Kier alpha value is 0.470. The summed E-state index contributed by atoms with van der Waals surface area (Å²) in [5.74, 6) is 0.408. The van der Waals surface area contributed by atoms with E-state index in [-0.39, 0.29) is 24.8 Å². The maximum absolute atomic E-state index is 6.09. The molecule has 157 valence electrons. The number of fused-ring (bicyclic) bond motifs is 2. The van der Waals surface area contributed by atoms with E-state index in [0.717, 1.165) is 25.3 Å². The predicted octanol–water partition coefficient (Wildman–Crippen LogP) is 2.08. The average Bonchev–Trinajstić information content (AvgIpc) is 3.12. The van der Waals surface area contributed by atoms with Crippen molar-refractivity contribution in [3.05, 3.63) is 81.9 Å². The van der Waals surface area contributed by atoms with Gasteiger partial charge in [0.1, 0.15) is 0 Å². The van der Waals surface area contributed by atoms with Gasteiger partial charge in [-0.2, -0.15) is 0 Å². The summed E-state index contributed by atoms with van der Waals surface area (Å²) < 4.78 is 0.528. The molecule has 2 unspecified atom stereocenters. The van der Waals surface area contributed by atoms with Crippen molar-refractivity contribution >= 4 is 50.9 Å². The average molecular weight is 595 g/mol. The zero-order valence-corrected chi connectivity index (χ0v) is 23.8. The van der Waals surface area contributed by atoms with E-state index in [4.69, 9.17) is 33.2 Å². The van der Waals surface area contributed by atoms with Crippen molar-refractivity contribution in [1.29, 1.82) is 0 Å². The van der Waals surface area contributed by atoms with E-state index in [2.05, 4.69) is 61.5 Å². The van der Waals surface area contributed by atoms with Crippen LogP contribution in [0.2, 0.25) is 6.04 Å². The van der Waals surface area contributed by atoms with Crippen LogP contribution >= 0.6 is 33.2 Å². The Kier molecular flexibility index (Phi) is 9.85. The van der Waals surface area contributed by atoms with Crippen LogP contribution in [0.25, 0.3) is 11.6 Å². The predicted molar refractivity (Wildman–Crippen MR) is 121 cm³/mol. The smallest absolute Gasteiger partial charge is 1.00 e. The minimum Gasteiger partial charge on any atom is -1.00 e. The van der Waals surface area contributed by atoms with E-state index in [1.54, 1.807) is 30.3 Å². The molecule has 0 aromatic heterocycles. The second-order valence-electron chi connectivity index (χ2n) is 7.73. The van der Waals surface area contributed by atoms with Crippen molar-refractivity contribution in [1.82, 2.24) is 0 Å². The molecule has 0 spiro atoms. The van der Waals surface area contributed by atoms with Gasteiger partial charge in [0.2, 0.25) is 0 Å². The summed E-state index contributed by atoms with van der Waals surface area (Å²) in [6.45, 7) is 2.29. The van der Waals surface area contributed by atoms with Crippen molar-refractivity contribution < 1.29 is 49.5 Å². The van der Waals surface area contributed by atoms with Gasteiger partial charge in [-0.05, 0) is 0 Å². The van der Waals surface area contributed by atoms with Crippen LogP contribution in [0.15, 0.2) is 59.7 Å². The van der Waals surface area contributed by atoms with Crippen molar-refractivity contribution in [3.8, 4) is 0 Å². The summed E-state index contributed by atoms with van der Waals surface area (Å²) in [4.78, 5) is 0. The van der Waals surface area contributed by atoms with Gasteiger partial charge in [0.25, 0.3) is 0 Å². The number of allylic oxidation sites excluding steroid dienone is 3. The molecule has 30 heavy (non-hydrogen) atoms. The monoisotopic (exact) mass is 591 g/mol. The van der Waals surface area contributed by atoms with E-state index >= 15 is 0 Å². The van der Waals surface area contributed by atoms with Crippen LogP contribution in [0.1, 0.15) is 58.0 Å². The maximum atomic E-state index is 6.09. The summed E-state index contributed by atoms with van der Waals surface area (Å²) in [6.07, 6.45) is 5.50. The molecule has 4 rings (SSSR count). The first kappa shape index (κ1) is 26.7. The fourth-order valence-corrected chi connectivity index (χ4v) is 7.97. The zero-order chi connectivity index (χ0) is 19.9. The van der Waals surface area contributed by atoms with Crippen LogP contribution in [0.5, 0.6) is 0 Å². The largest absolute Gasteiger partial charge is 1.00 e. The first-order valence-electron chi connectivity index (χ1n) is 9.74. The van der Waals surface area contributed by atoms with Gasteiger partial charge < -0.3 is 24.8 Å². The van der Waals surface area contributed by atoms with E-state index < -0.39 is 6.00 Å². The van der Waals surface area contributed by atoms with Gasteiger partial charge in [-0.25, -0.2) is 0 Å². The van der Waals surface area contributed by atoms with E-state index in [0.29, 0.717) is 9.54 Å². The third kappa shape index (κ3) is 5.51. The molecule has 2 aliphatic carbocycles. The first-order chi connectivity index (χ1) is 13.4. The maximum Gasteiger partial charge on any atom is -1.00 e. The Morgan fingerprint density at radius 1 is 0.900 bits per heavy atom. The molecule has 0 saturated heterocycles. The molecule has 0 radical (unpaired) electrons. The molecule has 2 atom stereocenters. The summed E-state index contributed by atoms with van der Waals surface area (Å²) in [6, 6.07) is 16.0.